The summed E-state index contributed by atoms with van der Waals surface area (Å²) in [5.74, 6) is -0.189. The largest absolute Gasteiger partial charge is 0.365 e. The number of amides is 2. The maximum absolute atomic E-state index is 12.9. The fourth-order valence-corrected chi connectivity index (χ4v) is 4.80. The zero-order chi connectivity index (χ0) is 19.7. The fraction of sp³-hybridized carbons (Fsp3) is 0.316. The minimum Gasteiger partial charge on any atom is -0.365 e. The molecule has 144 valence electrons. The Hall–Kier alpha value is -3.07. The minimum atomic E-state index is -0.495. The maximum atomic E-state index is 12.9. The first-order valence-corrected chi connectivity index (χ1v) is 10.0. The summed E-state index contributed by atoms with van der Waals surface area (Å²) in [5.41, 5.74) is 8.28. The molecular weight excluding hydrogens is 376 g/mol. The van der Waals surface area contributed by atoms with Crippen LogP contribution in [0.2, 0.25) is 0 Å². The van der Waals surface area contributed by atoms with Crippen molar-refractivity contribution in [1.29, 1.82) is 0 Å². The lowest BCUT2D eigenvalue weighted by atomic mass is 9.95. The van der Waals surface area contributed by atoms with Gasteiger partial charge in [-0.3, -0.25) is 9.59 Å². The number of hydrogen-bond donors (Lipinski definition) is 2. The number of benzene rings is 1. The van der Waals surface area contributed by atoms with Gasteiger partial charge in [-0.25, -0.2) is 4.68 Å². The molecule has 2 amide bonds. The Morgan fingerprint density at radius 3 is 2.89 bits per heavy atom. The van der Waals surface area contributed by atoms with Crippen LogP contribution in [0.3, 0.4) is 0 Å². The topological polar surface area (TPSA) is 116 Å². The first-order chi connectivity index (χ1) is 13.6. The van der Waals surface area contributed by atoms with Gasteiger partial charge in [-0.2, -0.15) is 0 Å². The lowest BCUT2D eigenvalue weighted by Crippen LogP contribution is -2.18. The van der Waals surface area contributed by atoms with Crippen LogP contribution in [0.25, 0.3) is 11.4 Å². The molecule has 2 aromatic heterocycles. The Labute approximate surface area is 165 Å². The molecule has 0 bridgehead atoms. The second kappa shape index (κ2) is 7.51. The Kier molecular flexibility index (Phi) is 4.91. The van der Waals surface area contributed by atoms with Crippen LogP contribution in [0.15, 0.2) is 24.3 Å². The average Bonchev–Trinajstić information content (AvgIpc) is 3.32. The number of tetrazole rings is 1. The number of primary amides is 1. The van der Waals surface area contributed by atoms with Crippen LogP contribution in [-0.4, -0.2) is 32.0 Å². The molecule has 4 rings (SSSR count). The van der Waals surface area contributed by atoms with E-state index in [1.165, 1.54) is 11.3 Å². The van der Waals surface area contributed by atoms with Crippen molar-refractivity contribution in [3.05, 3.63) is 45.8 Å². The number of thiophene rings is 1. The SMILES string of the molecule is CCn1nnnc1-c1cccc(C(=O)Nc2sc3c(c2C(N)=O)CCCC3)c1. The van der Waals surface area contributed by atoms with Crippen molar-refractivity contribution in [2.24, 2.45) is 5.73 Å². The summed E-state index contributed by atoms with van der Waals surface area (Å²) in [4.78, 5) is 26.0. The van der Waals surface area contributed by atoms with Crippen molar-refractivity contribution in [2.75, 3.05) is 5.32 Å². The Balaban J connectivity index is 1.64. The number of nitrogens with two attached hydrogens (primary N) is 1. The van der Waals surface area contributed by atoms with E-state index in [-0.39, 0.29) is 5.91 Å². The molecule has 0 fully saturated rings. The van der Waals surface area contributed by atoms with Crippen LogP contribution < -0.4 is 11.1 Å². The summed E-state index contributed by atoms with van der Waals surface area (Å²) in [6, 6.07) is 7.10. The highest BCUT2D eigenvalue weighted by molar-refractivity contribution is 7.17. The summed E-state index contributed by atoms with van der Waals surface area (Å²) in [6.45, 7) is 2.57. The second-order valence-electron chi connectivity index (χ2n) is 6.63. The molecule has 1 aliphatic rings. The predicted molar refractivity (Wildman–Crippen MR) is 106 cm³/mol. The van der Waals surface area contributed by atoms with Gasteiger partial charge in [0.1, 0.15) is 5.00 Å². The van der Waals surface area contributed by atoms with Gasteiger partial charge in [0.25, 0.3) is 11.8 Å². The third-order valence-corrected chi connectivity index (χ3v) is 6.07. The number of aryl methyl sites for hydroxylation is 2. The van der Waals surface area contributed by atoms with Crippen LogP contribution in [0.4, 0.5) is 5.00 Å². The molecular formula is C19H20N6O2S. The number of carbonyl (C=O) groups is 2. The van der Waals surface area contributed by atoms with Gasteiger partial charge in [-0.15, -0.1) is 16.4 Å². The van der Waals surface area contributed by atoms with Gasteiger partial charge in [0, 0.05) is 22.5 Å². The zero-order valence-corrected chi connectivity index (χ0v) is 16.3. The van der Waals surface area contributed by atoms with Gasteiger partial charge in [-0.1, -0.05) is 12.1 Å². The van der Waals surface area contributed by atoms with E-state index in [4.69, 9.17) is 5.73 Å². The normalized spacial score (nSPS) is 13.2. The first kappa shape index (κ1) is 18.3. The highest BCUT2D eigenvalue weighted by atomic mass is 32.1. The van der Waals surface area contributed by atoms with Crippen LogP contribution in [-0.2, 0) is 19.4 Å². The molecule has 0 spiro atoms. The summed E-state index contributed by atoms with van der Waals surface area (Å²) in [6.07, 6.45) is 3.87. The number of aromatic nitrogens is 4. The molecule has 3 N–H and O–H groups in total. The minimum absolute atomic E-state index is 0.293. The van der Waals surface area contributed by atoms with Crippen LogP contribution in [0, 0.1) is 0 Å². The number of hydrogen-bond acceptors (Lipinski definition) is 6. The Morgan fingerprint density at radius 1 is 1.29 bits per heavy atom. The Morgan fingerprint density at radius 2 is 2.11 bits per heavy atom. The first-order valence-electron chi connectivity index (χ1n) is 9.20. The van der Waals surface area contributed by atoms with Crippen molar-refractivity contribution in [1.82, 2.24) is 20.2 Å². The molecule has 0 saturated heterocycles. The third-order valence-electron chi connectivity index (χ3n) is 4.86. The zero-order valence-electron chi connectivity index (χ0n) is 15.4. The number of rotatable bonds is 5. The van der Waals surface area contributed by atoms with Crippen molar-refractivity contribution in [2.45, 2.75) is 39.2 Å². The molecule has 0 saturated carbocycles. The van der Waals surface area contributed by atoms with Gasteiger partial charge < -0.3 is 11.1 Å². The van der Waals surface area contributed by atoms with E-state index in [2.05, 4.69) is 20.8 Å². The van der Waals surface area contributed by atoms with Crippen molar-refractivity contribution in [3.8, 4) is 11.4 Å². The smallest absolute Gasteiger partial charge is 0.256 e. The number of nitrogens with one attached hydrogen (secondary N) is 1. The molecule has 2 heterocycles. The highest BCUT2D eigenvalue weighted by Crippen LogP contribution is 2.38. The molecule has 28 heavy (non-hydrogen) atoms. The summed E-state index contributed by atoms with van der Waals surface area (Å²) in [7, 11) is 0. The van der Waals surface area contributed by atoms with Gasteiger partial charge in [-0.05, 0) is 60.7 Å². The lowest BCUT2D eigenvalue weighted by molar-refractivity contribution is 0.100. The summed E-state index contributed by atoms with van der Waals surface area (Å²) < 4.78 is 1.66. The van der Waals surface area contributed by atoms with Crippen LogP contribution in [0.1, 0.15) is 50.9 Å². The van der Waals surface area contributed by atoms with Crippen LogP contribution in [0.5, 0.6) is 0 Å². The van der Waals surface area contributed by atoms with E-state index in [9.17, 15) is 9.59 Å². The van der Waals surface area contributed by atoms with Gasteiger partial charge in [0.05, 0.1) is 5.56 Å². The number of anilines is 1. The van der Waals surface area contributed by atoms with Crippen molar-refractivity contribution >= 4 is 28.2 Å². The van der Waals surface area contributed by atoms with Crippen LogP contribution >= 0.6 is 11.3 Å². The summed E-state index contributed by atoms with van der Waals surface area (Å²) >= 11 is 1.45. The summed E-state index contributed by atoms with van der Waals surface area (Å²) in [5, 5.41) is 15.1. The van der Waals surface area contributed by atoms with E-state index in [1.807, 2.05) is 13.0 Å². The van der Waals surface area contributed by atoms with Crippen molar-refractivity contribution in [3.63, 3.8) is 0 Å². The molecule has 9 heteroatoms. The van der Waals surface area contributed by atoms with E-state index >= 15 is 0 Å². The van der Waals surface area contributed by atoms with E-state index in [0.29, 0.717) is 28.5 Å². The van der Waals surface area contributed by atoms with E-state index in [1.54, 1.807) is 22.9 Å². The van der Waals surface area contributed by atoms with E-state index < -0.39 is 5.91 Å². The molecule has 0 aliphatic heterocycles. The maximum Gasteiger partial charge on any atom is 0.256 e. The van der Waals surface area contributed by atoms with E-state index in [0.717, 1.165) is 41.7 Å². The lowest BCUT2D eigenvalue weighted by Gasteiger charge is -2.11. The molecule has 3 aromatic rings. The molecule has 0 atom stereocenters. The molecule has 0 unspecified atom stereocenters. The van der Waals surface area contributed by atoms with Gasteiger partial charge in [0.15, 0.2) is 5.82 Å². The van der Waals surface area contributed by atoms with Gasteiger partial charge in [0.2, 0.25) is 0 Å². The molecule has 1 aliphatic carbocycles. The fourth-order valence-electron chi connectivity index (χ4n) is 3.51. The van der Waals surface area contributed by atoms with Gasteiger partial charge >= 0.3 is 0 Å². The third kappa shape index (κ3) is 3.29. The average molecular weight is 396 g/mol. The number of carbonyl (C=O) groups excluding carboxylic acids is 2. The molecule has 0 radical (unpaired) electrons. The predicted octanol–water partition coefficient (Wildman–Crippen LogP) is 2.65. The quantitative estimate of drug-likeness (QED) is 0.688. The Bertz CT molecular complexity index is 1050. The highest BCUT2D eigenvalue weighted by Gasteiger charge is 2.25. The second-order valence-corrected chi connectivity index (χ2v) is 7.74. The molecule has 8 nitrogen and oxygen atoms in total. The van der Waals surface area contributed by atoms with Crippen molar-refractivity contribution < 1.29 is 9.59 Å². The number of nitrogens with zero attached hydrogens (tertiary/aromatic N) is 4. The number of fused-ring (bicyclic) bond motifs is 1. The standard InChI is InChI=1S/C19H20N6O2S/c1-2-25-17(22-23-24-25)11-6-5-7-12(10-11)18(27)21-19-15(16(20)26)13-8-3-4-9-14(13)28-19/h5-7,10H,2-4,8-9H2,1H3,(H2,20,26)(H,21,27). The molecule has 1 aromatic carbocycles. The monoisotopic (exact) mass is 396 g/mol.